The summed E-state index contributed by atoms with van der Waals surface area (Å²) in [5, 5.41) is 14.4. The highest BCUT2D eigenvalue weighted by Gasteiger charge is 2.41. The quantitative estimate of drug-likeness (QED) is 0.205. The lowest BCUT2D eigenvalue weighted by Crippen LogP contribution is -2.39. The van der Waals surface area contributed by atoms with Crippen LogP contribution in [-0.4, -0.2) is 29.8 Å². The fourth-order valence-electron chi connectivity index (χ4n) is 5.15. The molecule has 0 spiro atoms. The average Bonchev–Trinajstić information content (AvgIpc) is 3.67. The van der Waals surface area contributed by atoms with Crippen molar-refractivity contribution < 1.29 is 0 Å². The zero-order valence-corrected chi connectivity index (χ0v) is 22.8. The van der Waals surface area contributed by atoms with Crippen molar-refractivity contribution >= 4 is 5.69 Å². The Bertz CT molecular complexity index is 1630. The summed E-state index contributed by atoms with van der Waals surface area (Å²) in [4.78, 5) is 6.38. The van der Waals surface area contributed by atoms with E-state index in [-0.39, 0.29) is 5.41 Å². The molecule has 0 saturated heterocycles. The van der Waals surface area contributed by atoms with Crippen LogP contribution in [0.3, 0.4) is 0 Å². The minimum Gasteiger partial charge on any atom is -0.399 e. The number of hydrogen-bond acceptors (Lipinski definition) is 5. The fraction of sp³-hybridized carbons (Fsp3) is 0.152. The maximum absolute atomic E-state index is 6.28. The standard InChI is InChI=1S/C33H31N7/c1-32(2,3)30-22-39(23-35-30)29-20-19-27(34)21-28(29)31-36-38-40(37-31)33(24-13-7-4-8-14-24,25-15-9-5-10-16-25)26-17-11-6-12-18-26/h4-23H,34H2,1-3H3. The molecule has 40 heavy (non-hydrogen) atoms. The first-order valence-corrected chi connectivity index (χ1v) is 13.3. The normalized spacial score (nSPS) is 12.0. The Morgan fingerprint density at radius 3 is 1.75 bits per heavy atom. The van der Waals surface area contributed by atoms with E-state index < -0.39 is 5.54 Å². The summed E-state index contributed by atoms with van der Waals surface area (Å²) in [6, 6.07) is 36.6. The first kappa shape index (κ1) is 25.2. The third kappa shape index (κ3) is 4.35. The van der Waals surface area contributed by atoms with Gasteiger partial charge in [0.25, 0.3) is 0 Å². The van der Waals surface area contributed by atoms with Gasteiger partial charge in [-0.1, -0.05) is 112 Å². The largest absolute Gasteiger partial charge is 0.399 e. The molecule has 7 nitrogen and oxygen atoms in total. The second-order valence-electron chi connectivity index (χ2n) is 10.9. The number of rotatable bonds is 6. The van der Waals surface area contributed by atoms with Gasteiger partial charge in [0.05, 0.1) is 17.7 Å². The number of anilines is 1. The molecule has 0 radical (unpaired) electrons. The predicted molar refractivity (Wildman–Crippen MR) is 158 cm³/mol. The van der Waals surface area contributed by atoms with E-state index in [0.29, 0.717) is 11.5 Å². The highest BCUT2D eigenvalue weighted by Crippen LogP contribution is 2.40. The molecule has 2 heterocycles. The van der Waals surface area contributed by atoms with Gasteiger partial charge in [0.1, 0.15) is 0 Å². The van der Waals surface area contributed by atoms with E-state index in [9.17, 15) is 0 Å². The molecule has 4 aromatic carbocycles. The first-order valence-electron chi connectivity index (χ1n) is 13.3. The Balaban J connectivity index is 1.58. The van der Waals surface area contributed by atoms with Crippen molar-refractivity contribution in [2.75, 3.05) is 5.73 Å². The SMILES string of the molecule is CC(C)(C)c1cn(-c2ccc(N)cc2-c2nnn(C(c3ccccc3)(c3ccccc3)c3ccccc3)n2)cn1. The second kappa shape index (κ2) is 9.93. The predicted octanol–water partition coefficient (Wildman–Crippen LogP) is 6.25. The van der Waals surface area contributed by atoms with Gasteiger partial charge in [-0.05, 0) is 40.1 Å². The average molecular weight is 526 g/mol. The molecule has 0 aliphatic rings. The molecular formula is C33H31N7. The van der Waals surface area contributed by atoms with E-state index in [1.807, 2.05) is 89.9 Å². The smallest absolute Gasteiger partial charge is 0.207 e. The molecule has 0 bridgehead atoms. The van der Waals surface area contributed by atoms with E-state index in [2.05, 4.69) is 67.3 Å². The molecule has 0 amide bonds. The number of nitrogen functional groups attached to an aromatic ring is 1. The van der Waals surface area contributed by atoms with Crippen LogP contribution in [0.5, 0.6) is 0 Å². The zero-order valence-electron chi connectivity index (χ0n) is 22.8. The van der Waals surface area contributed by atoms with E-state index >= 15 is 0 Å². The molecule has 6 rings (SSSR count). The number of aromatic nitrogens is 6. The third-order valence-electron chi connectivity index (χ3n) is 7.18. The van der Waals surface area contributed by atoms with E-state index in [0.717, 1.165) is 33.6 Å². The van der Waals surface area contributed by atoms with Crippen molar-refractivity contribution in [3.8, 4) is 17.1 Å². The maximum atomic E-state index is 6.28. The summed E-state index contributed by atoms with van der Waals surface area (Å²) in [6.45, 7) is 6.44. The molecule has 6 aromatic rings. The molecule has 0 aliphatic carbocycles. The number of nitrogens with zero attached hydrogens (tertiary/aromatic N) is 6. The van der Waals surface area contributed by atoms with Crippen LogP contribution in [0.15, 0.2) is 122 Å². The summed E-state index contributed by atoms with van der Waals surface area (Å²) in [7, 11) is 0. The van der Waals surface area contributed by atoms with Crippen molar-refractivity contribution in [2.24, 2.45) is 0 Å². The maximum Gasteiger partial charge on any atom is 0.207 e. The highest BCUT2D eigenvalue weighted by atomic mass is 15.6. The lowest BCUT2D eigenvalue weighted by molar-refractivity contribution is 0.396. The van der Waals surface area contributed by atoms with Crippen molar-refractivity contribution in [3.05, 3.63) is 144 Å². The van der Waals surface area contributed by atoms with Gasteiger partial charge in [-0.25, -0.2) is 4.98 Å². The molecule has 0 fully saturated rings. The first-order chi connectivity index (χ1) is 19.4. The van der Waals surface area contributed by atoms with Gasteiger partial charge in [-0.15, -0.1) is 15.0 Å². The lowest BCUT2D eigenvalue weighted by atomic mass is 9.77. The monoisotopic (exact) mass is 525 g/mol. The van der Waals surface area contributed by atoms with E-state index in [1.54, 1.807) is 4.80 Å². The van der Waals surface area contributed by atoms with Gasteiger partial charge in [0, 0.05) is 22.9 Å². The number of tetrazole rings is 1. The topological polar surface area (TPSA) is 87.4 Å². The summed E-state index contributed by atoms with van der Waals surface area (Å²) >= 11 is 0. The van der Waals surface area contributed by atoms with Crippen molar-refractivity contribution in [1.29, 1.82) is 0 Å². The van der Waals surface area contributed by atoms with Gasteiger partial charge in [-0.2, -0.15) is 0 Å². The van der Waals surface area contributed by atoms with Crippen LogP contribution in [0.1, 0.15) is 43.2 Å². The van der Waals surface area contributed by atoms with Crippen LogP contribution in [0.2, 0.25) is 0 Å². The molecule has 7 heteroatoms. The fourth-order valence-corrected chi connectivity index (χ4v) is 5.15. The Labute approximate surface area is 234 Å². The molecule has 198 valence electrons. The van der Waals surface area contributed by atoms with Crippen LogP contribution in [-0.2, 0) is 11.0 Å². The lowest BCUT2D eigenvalue weighted by Gasteiger charge is -2.34. The highest BCUT2D eigenvalue weighted by molar-refractivity contribution is 5.71. The molecule has 0 atom stereocenters. The summed E-state index contributed by atoms with van der Waals surface area (Å²) in [5.74, 6) is 0.473. The molecule has 2 N–H and O–H groups in total. The number of nitrogens with two attached hydrogens (primary N) is 1. The van der Waals surface area contributed by atoms with Crippen LogP contribution < -0.4 is 5.73 Å². The molecule has 0 aliphatic heterocycles. The minimum atomic E-state index is -0.857. The Hall–Kier alpha value is -5.04. The van der Waals surface area contributed by atoms with Crippen LogP contribution in [0.4, 0.5) is 5.69 Å². The van der Waals surface area contributed by atoms with Crippen molar-refractivity contribution in [1.82, 2.24) is 29.8 Å². The van der Waals surface area contributed by atoms with Gasteiger partial charge >= 0.3 is 0 Å². The Morgan fingerprint density at radius 2 is 1.25 bits per heavy atom. The van der Waals surface area contributed by atoms with Crippen LogP contribution >= 0.6 is 0 Å². The van der Waals surface area contributed by atoms with E-state index in [1.165, 1.54) is 0 Å². The summed E-state index contributed by atoms with van der Waals surface area (Å²) in [6.07, 6.45) is 3.86. The van der Waals surface area contributed by atoms with Gasteiger partial charge in [0.2, 0.25) is 5.82 Å². The number of imidazole rings is 1. The van der Waals surface area contributed by atoms with Crippen LogP contribution in [0, 0.1) is 0 Å². The summed E-state index contributed by atoms with van der Waals surface area (Å²) < 4.78 is 1.99. The minimum absolute atomic E-state index is 0.0821. The second-order valence-corrected chi connectivity index (χ2v) is 10.9. The van der Waals surface area contributed by atoms with Gasteiger partial charge in [-0.3, -0.25) is 0 Å². The Morgan fingerprint density at radius 1 is 0.700 bits per heavy atom. The molecular weight excluding hydrogens is 494 g/mol. The molecule has 2 aromatic heterocycles. The zero-order chi connectivity index (χ0) is 27.7. The van der Waals surface area contributed by atoms with Crippen LogP contribution in [0.25, 0.3) is 17.1 Å². The molecule has 0 unspecified atom stereocenters. The number of hydrogen-bond donors (Lipinski definition) is 1. The van der Waals surface area contributed by atoms with Crippen molar-refractivity contribution in [3.63, 3.8) is 0 Å². The molecule has 0 saturated carbocycles. The summed E-state index contributed by atoms with van der Waals surface area (Å²) in [5.41, 5.74) is 11.7. The third-order valence-corrected chi connectivity index (χ3v) is 7.18. The van der Waals surface area contributed by atoms with Gasteiger partial charge in [0.15, 0.2) is 5.54 Å². The van der Waals surface area contributed by atoms with Gasteiger partial charge < -0.3 is 10.3 Å². The number of benzene rings is 4. The Kier molecular flexibility index (Phi) is 6.27. The van der Waals surface area contributed by atoms with E-state index in [4.69, 9.17) is 16.0 Å². The van der Waals surface area contributed by atoms with Crippen molar-refractivity contribution in [2.45, 2.75) is 31.7 Å².